The zero-order valence-corrected chi connectivity index (χ0v) is 10.2. The van der Waals surface area contributed by atoms with E-state index in [1.807, 2.05) is 13.1 Å². The standard InChI is InChI=1S/C13H15N3O2/c1-15-7-12-8-18-9-13(17)16(12)11-4-2-3-10(5-11)6-14/h2-5,12,15H,7-9H2,1H3. The van der Waals surface area contributed by atoms with Crippen LogP contribution in [0.15, 0.2) is 24.3 Å². The first kappa shape index (κ1) is 12.6. The minimum absolute atomic E-state index is 0.0369. The van der Waals surface area contributed by atoms with Gasteiger partial charge in [-0.1, -0.05) is 6.07 Å². The minimum Gasteiger partial charge on any atom is -0.369 e. The number of nitrogens with zero attached hydrogens (tertiary/aromatic N) is 2. The second kappa shape index (κ2) is 5.63. The summed E-state index contributed by atoms with van der Waals surface area (Å²) in [5.74, 6) is -0.0726. The molecule has 2 rings (SSSR count). The van der Waals surface area contributed by atoms with Crippen molar-refractivity contribution in [2.75, 3.05) is 31.7 Å². The molecule has 5 nitrogen and oxygen atoms in total. The number of nitriles is 1. The molecule has 1 aliphatic rings. The van der Waals surface area contributed by atoms with E-state index in [-0.39, 0.29) is 18.6 Å². The molecule has 0 aliphatic carbocycles. The van der Waals surface area contributed by atoms with Gasteiger partial charge in [-0.2, -0.15) is 5.26 Å². The van der Waals surface area contributed by atoms with Crippen LogP contribution in [-0.2, 0) is 9.53 Å². The highest BCUT2D eigenvalue weighted by Gasteiger charge is 2.29. The summed E-state index contributed by atoms with van der Waals surface area (Å²) in [7, 11) is 1.84. The van der Waals surface area contributed by atoms with Crippen LogP contribution in [0, 0.1) is 11.3 Å². The Labute approximate surface area is 106 Å². The van der Waals surface area contributed by atoms with Crippen LogP contribution in [-0.4, -0.2) is 38.8 Å². The van der Waals surface area contributed by atoms with Gasteiger partial charge < -0.3 is 15.0 Å². The summed E-state index contributed by atoms with van der Waals surface area (Å²) in [5, 5.41) is 12.0. The molecule has 0 spiro atoms. The van der Waals surface area contributed by atoms with Crippen LogP contribution in [0.1, 0.15) is 5.56 Å². The van der Waals surface area contributed by atoms with Crippen LogP contribution >= 0.6 is 0 Å². The second-order valence-corrected chi connectivity index (χ2v) is 4.15. The van der Waals surface area contributed by atoms with E-state index in [1.54, 1.807) is 23.1 Å². The average Bonchev–Trinajstić information content (AvgIpc) is 2.39. The smallest absolute Gasteiger partial charge is 0.253 e. The van der Waals surface area contributed by atoms with E-state index in [9.17, 15) is 4.79 Å². The van der Waals surface area contributed by atoms with Gasteiger partial charge in [0.25, 0.3) is 5.91 Å². The summed E-state index contributed by atoms with van der Waals surface area (Å²) < 4.78 is 5.26. The molecule has 1 aromatic rings. The molecule has 0 radical (unpaired) electrons. The molecule has 1 unspecified atom stereocenters. The quantitative estimate of drug-likeness (QED) is 0.842. The Morgan fingerprint density at radius 1 is 1.61 bits per heavy atom. The zero-order chi connectivity index (χ0) is 13.0. The first-order chi connectivity index (χ1) is 8.76. The van der Waals surface area contributed by atoms with Crippen molar-refractivity contribution in [3.63, 3.8) is 0 Å². The number of anilines is 1. The van der Waals surface area contributed by atoms with Crippen LogP contribution in [0.5, 0.6) is 0 Å². The number of ether oxygens (including phenoxy) is 1. The lowest BCUT2D eigenvalue weighted by atomic mass is 10.1. The zero-order valence-electron chi connectivity index (χ0n) is 10.2. The van der Waals surface area contributed by atoms with Crippen LogP contribution in [0.2, 0.25) is 0 Å². The van der Waals surface area contributed by atoms with E-state index in [4.69, 9.17) is 10.00 Å². The van der Waals surface area contributed by atoms with Crippen molar-refractivity contribution in [1.29, 1.82) is 5.26 Å². The summed E-state index contributed by atoms with van der Waals surface area (Å²) in [6.07, 6.45) is 0. The molecule has 1 atom stereocenters. The van der Waals surface area contributed by atoms with Crippen molar-refractivity contribution in [1.82, 2.24) is 5.32 Å². The number of morpholine rings is 1. The van der Waals surface area contributed by atoms with Crippen LogP contribution in [0.3, 0.4) is 0 Å². The van der Waals surface area contributed by atoms with Gasteiger partial charge in [-0.15, -0.1) is 0 Å². The molecule has 0 aromatic heterocycles. The molecule has 1 heterocycles. The predicted molar refractivity (Wildman–Crippen MR) is 67.2 cm³/mol. The van der Waals surface area contributed by atoms with Gasteiger partial charge >= 0.3 is 0 Å². The van der Waals surface area contributed by atoms with Gasteiger partial charge in [0.1, 0.15) is 6.61 Å². The average molecular weight is 245 g/mol. The highest BCUT2D eigenvalue weighted by Crippen LogP contribution is 2.21. The van der Waals surface area contributed by atoms with Crippen molar-refractivity contribution in [3.8, 4) is 6.07 Å². The van der Waals surface area contributed by atoms with E-state index in [1.165, 1.54) is 0 Å². The highest BCUT2D eigenvalue weighted by atomic mass is 16.5. The Morgan fingerprint density at radius 2 is 2.44 bits per heavy atom. The molecule has 94 valence electrons. The molecular formula is C13H15N3O2. The SMILES string of the molecule is CNCC1COCC(=O)N1c1cccc(C#N)c1. The minimum atomic E-state index is -0.0726. The number of nitrogens with one attached hydrogen (secondary N) is 1. The van der Waals surface area contributed by atoms with Crippen molar-refractivity contribution < 1.29 is 9.53 Å². The number of likely N-dealkylation sites (N-methyl/N-ethyl adjacent to an activating group) is 1. The molecule has 5 heteroatoms. The highest BCUT2D eigenvalue weighted by molar-refractivity contribution is 5.95. The lowest BCUT2D eigenvalue weighted by molar-refractivity contribution is -0.127. The third-order valence-electron chi connectivity index (χ3n) is 2.86. The maximum atomic E-state index is 12.0. The van der Waals surface area contributed by atoms with Crippen molar-refractivity contribution in [3.05, 3.63) is 29.8 Å². The maximum absolute atomic E-state index is 12.0. The fourth-order valence-corrected chi connectivity index (χ4v) is 2.10. The van der Waals surface area contributed by atoms with E-state index >= 15 is 0 Å². The lowest BCUT2D eigenvalue weighted by Gasteiger charge is -2.35. The second-order valence-electron chi connectivity index (χ2n) is 4.15. The fourth-order valence-electron chi connectivity index (χ4n) is 2.10. The van der Waals surface area contributed by atoms with E-state index in [0.29, 0.717) is 18.7 Å². The van der Waals surface area contributed by atoms with Gasteiger partial charge in [0.05, 0.1) is 24.3 Å². The monoisotopic (exact) mass is 245 g/mol. The van der Waals surface area contributed by atoms with Gasteiger partial charge in [-0.05, 0) is 25.2 Å². The molecule has 1 fully saturated rings. The number of carbonyl (C=O) groups excluding carboxylic acids is 1. The normalized spacial score (nSPS) is 19.7. The van der Waals surface area contributed by atoms with Crippen molar-refractivity contribution >= 4 is 11.6 Å². The Hall–Kier alpha value is -1.90. The Balaban J connectivity index is 2.31. The Morgan fingerprint density at radius 3 is 3.17 bits per heavy atom. The molecule has 1 N–H and O–H groups in total. The number of benzene rings is 1. The Bertz CT molecular complexity index is 479. The van der Waals surface area contributed by atoms with Gasteiger partial charge in [0, 0.05) is 12.2 Å². The van der Waals surface area contributed by atoms with Crippen LogP contribution in [0.4, 0.5) is 5.69 Å². The van der Waals surface area contributed by atoms with Crippen LogP contribution in [0.25, 0.3) is 0 Å². The summed E-state index contributed by atoms with van der Waals surface area (Å²) in [6.45, 7) is 1.25. The molecular weight excluding hydrogens is 230 g/mol. The fraction of sp³-hybridized carbons (Fsp3) is 0.385. The van der Waals surface area contributed by atoms with Gasteiger partial charge in [-0.3, -0.25) is 4.79 Å². The maximum Gasteiger partial charge on any atom is 0.253 e. The number of hydrogen-bond acceptors (Lipinski definition) is 4. The van der Waals surface area contributed by atoms with Crippen LogP contribution < -0.4 is 10.2 Å². The summed E-state index contributed by atoms with van der Waals surface area (Å²) in [4.78, 5) is 13.7. The van der Waals surface area contributed by atoms with Crippen molar-refractivity contribution in [2.24, 2.45) is 0 Å². The predicted octanol–water partition coefficient (Wildman–Crippen LogP) is 0.509. The molecule has 1 saturated heterocycles. The lowest BCUT2D eigenvalue weighted by Crippen LogP contribution is -2.53. The third kappa shape index (κ3) is 2.50. The summed E-state index contributed by atoms with van der Waals surface area (Å²) in [5.41, 5.74) is 1.30. The molecule has 18 heavy (non-hydrogen) atoms. The summed E-state index contributed by atoms with van der Waals surface area (Å²) >= 11 is 0. The van der Waals surface area contributed by atoms with Gasteiger partial charge in [0.2, 0.25) is 0 Å². The molecule has 0 bridgehead atoms. The third-order valence-corrected chi connectivity index (χ3v) is 2.86. The largest absolute Gasteiger partial charge is 0.369 e. The number of rotatable bonds is 3. The van der Waals surface area contributed by atoms with Crippen molar-refractivity contribution in [2.45, 2.75) is 6.04 Å². The number of amides is 1. The molecule has 1 aromatic carbocycles. The first-order valence-electron chi connectivity index (χ1n) is 5.81. The number of hydrogen-bond donors (Lipinski definition) is 1. The van der Waals surface area contributed by atoms with E-state index in [2.05, 4.69) is 11.4 Å². The Kier molecular flexibility index (Phi) is 3.92. The first-order valence-corrected chi connectivity index (χ1v) is 5.81. The molecule has 1 amide bonds. The van der Waals surface area contributed by atoms with Gasteiger partial charge in [0.15, 0.2) is 0 Å². The topological polar surface area (TPSA) is 65.4 Å². The molecule has 1 aliphatic heterocycles. The van der Waals surface area contributed by atoms with E-state index in [0.717, 1.165) is 5.69 Å². The van der Waals surface area contributed by atoms with E-state index < -0.39 is 0 Å². The summed E-state index contributed by atoms with van der Waals surface area (Å²) in [6, 6.07) is 9.12. The van der Waals surface area contributed by atoms with Gasteiger partial charge in [-0.25, -0.2) is 0 Å². The number of carbonyl (C=O) groups is 1. The molecule has 0 saturated carbocycles.